The van der Waals surface area contributed by atoms with Crippen molar-refractivity contribution in [3.63, 3.8) is 0 Å². The predicted molar refractivity (Wildman–Crippen MR) is 97.6 cm³/mol. The monoisotopic (exact) mass is 354 g/mol. The van der Waals surface area contributed by atoms with E-state index in [-0.39, 0.29) is 17.8 Å². The molecule has 2 aliphatic rings. The van der Waals surface area contributed by atoms with Crippen molar-refractivity contribution in [2.75, 3.05) is 19.6 Å². The van der Waals surface area contributed by atoms with Crippen molar-refractivity contribution in [1.29, 1.82) is 0 Å². The first-order valence-electron chi connectivity index (χ1n) is 9.17. The van der Waals surface area contributed by atoms with E-state index in [9.17, 15) is 9.18 Å². The molecule has 1 heterocycles. The van der Waals surface area contributed by atoms with Crippen LogP contribution in [0.5, 0.6) is 5.75 Å². The Kier molecular flexibility index (Phi) is 4.89. The fourth-order valence-corrected chi connectivity index (χ4v) is 3.18. The Balaban J connectivity index is 1.26. The molecular formula is C21H23FN2O2. The minimum absolute atomic E-state index is 0.0382. The zero-order valence-corrected chi connectivity index (χ0v) is 14.7. The van der Waals surface area contributed by atoms with Crippen LogP contribution in [-0.4, -0.2) is 36.5 Å². The summed E-state index contributed by atoms with van der Waals surface area (Å²) >= 11 is 0. The van der Waals surface area contributed by atoms with Crippen molar-refractivity contribution in [3.8, 4) is 5.75 Å². The highest BCUT2D eigenvalue weighted by Crippen LogP contribution is 2.27. The average Bonchev–Trinajstić information content (AvgIpc) is 3.42. The molecule has 1 saturated carbocycles. The fraction of sp³-hybridized carbons (Fsp3) is 0.381. The zero-order chi connectivity index (χ0) is 17.9. The second-order valence-corrected chi connectivity index (χ2v) is 7.25. The number of nitrogens with one attached hydrogen (secondary N) is 1. The second kappa shape index (κ2) is 7.46. The van der Waals surface area contributed by atoms with Gasteiger partial charge >= 0.3 is 0 Å². The van der Waals surface area contributed by atoms with Gasteiger partial charge in [0.05, 0.1) is 0 Å². The van der Waals surface area contributed by atoms with E-state index in [1.165, 1.54) is 18.9 Å². The Morgan fingerprint density at radius 3 is 2.73 bits per heavy atom. The molecule has 26 heavy (non-hydrogen) atoms. The minimum atomic E-state index is -0.201. The molecule has 5 heteroatoms. The average molecular weight is 354 g/mol. The largest absolute Gasteiger partial charge is 0.488 e. The van der Waals surface area contributed by atoms with Gasteiger partial charge in [0.15, 0.2) is 0 Å². The van der Waals surface area contributed by atoms with Crippen LogP contribution >= 0.6 is 0 Å². The molecule has 0 bridgehead atoms. The number of nitrogens with zero attached hydrogens (tertiary/aromatic N) is 1. The van der Waals surface area contributed by atoms with Crippen molar-refractivity contribution >= 4 is 5.91 Å². The van der Waals surface area contributed by atoms with Crippen LogP contribution < -0.4 is 10.1 Å². The summed E-state index contributed by atoms with van der Waals surface area (Å²) in [6.07, 6.45) is 2.54. The van der Waals surface area contributed by atoms with Crippen molar-refractivity contribution in [3.05, 3.63) is 65.5 Å². The maximum Gasteiger partial charge on any atom is 0.251 e. The van der Waals surface area contributed by atoms with E-state index in [1.807, 2.05) is 24.3 Å². The molecule has 4 rings (SSSR count). The summed E-state index contributed by atoms with van der Waals surface area (Å²) in [5.41, 5.74) is 1.61. The smallest absolute Gasteiger partial charge is 0.251 e. The fourth-order valence-electron chi connectivity index (χ4n) is 3.18. The van der Waals surface area contributed by atoms with Gasteiger partial charge in [-0.05, 0) is 54.7 Å². The summed E-state index contributed by atoms with van der Waals surface area (Å²) < 4.78 is 19.2. The van der Waals surface area contributed by atoms with Gasteiger partial charge in [0.1, 0.15) is 17.7 Å². The van der Waals surface area contributed by atoms with Gasteiger partial charge in [-0.3, -0.25) is 9.69 Å². The number of rotatable bonds is 7. The molecule has 0 radical (unpaired) electrons. The molecule has 1 N–H and O–H groups in total. The van der Waals surface area contributed by atoms with Crippen LogP contribution in [0, 0.1) is 11.7 Å². The summed E-state index contributed by atoms with van der Waals surface area (Å²) in [6, 6.07) is 14.0. The zero-order valence-electron chi connectivity index (χ0n) is 14.7. The molecule has 1 aliphatic heterocycles. The van der Waals surface area contributed by atoms with Crippen LogP contribution in [0.4, 0.5) is 4.39 Å². The lowest BCUT2D eigenvalue weighted by Crippen LogP contribution is -2.53. The van der Waals surface area contributed by atoms with E-state index < -0.39 is 0 Å². The first-order valence-corrected chi connectivity index (χ1v) is 9.17. The molecule has 1 amide bonds. The molecule has 2 aromatic carbocycles. The van der Waals surface area contributed by atoms with Crippen molar-refractivity contribution in [2.45, 2.75) is 25.5 Å². The standard InChI is InChI=1S/C21H23FN2O2/c22-18-5-1-3-16(9-18)12-24-13-20(14-24)26-19-6-2-4-17(10-19)21(25)23-11-15-7-8-15/h1-6,9-10,15,20H,7-8,11-14H2,(H,23,25). The third-order valence-corrected chi connectivity index (χ3v) is 4.87. The number of ether oxygens (including phenoxy) is 1. The Bertz CT molecular complexity index is 785. The molecule has 0 spiro atoms. The third-order valence-electron chi connectivity index (χ3n) is 4.87. The third kappa shape index (κ3) is 4.41. The Morgan fingerprint density at radius 2 is 1.96 bits per heavy atom. The molecule has 2 fully saturated rings. The van der Waals surface area contributed by atoms with Crippen LogP contribution in [-0.2, 0) is 6.54 Å². The molecule has 0 unspecified atom stereocenters. The van der Waals surface area contributed by atoms with E-state index >= 15 is 0 Å². The van der Waals surface area contributed by atoms with E-state index in [2.05, 4.69) is 10.2 Å². The molecule has 0 aromatic heterocycles. The van der Waals surface area contributed by atoms with Gasteiger partial charge in [0, 0.05) is 31.7 Å². The van der Waals surface area contributed by atoms with Gasteiger partial charge < -0.3 is 10.1 Å². The molecular weight excluding hydrogens is 331 g/mol. The van der Waals surface area contributed by atoms with Gasteiger partial charge in [0.2, 0.25) is 0 Å². The summed E-state index contributed by atoms with van der Waals surface area (Å²) in [5, 5.41) is 2.97. The SMILES string of the molecule is O=C(NCC1CC1)c1cccc(OC2CN(Cc3cccc(F)c3)C2)c1. The number of carbonyl (C=O) groups excluding carboxylic acids is 1. The van der Waals surface area contributed by atoms with E-state index in [1.54, 1.807) is 18.2 Å². The Morgan fingerprint density at radius 1 is 1.15 bits per heavy atom. The highest BCUT2D eigenvalue weighted by molar-refractivity contribution is 5.94. The summed E-state index contributed by atoms with van der Waals surface area (Å²) in [6.45, 7) is 3.09. The van der Waals surface area contributed by atoms with Crippen molar-refractivity contribution in [1.82, 2.24) is 10.2 Å². The lowest BCUT2D eigenvalue weighted by Gasteiger charge is -2.39. The Hall–Kier alpha value is -2.40. The predicted octanol–water partition coefficient (Wildman–Crippen LogP) is 3.23. The maximum absolute atomic E-state index is 13.2. The van der Waals surface area contributed by atoms with Crippen LogP contribution in [0.3, 0.4) is 0 Å². The molecule has 1 saturated heterocycles. The lowest BCUT2D eigenvalue weighted by atomic mass is 10.1. The van der Waals surface area contributed by atoms with E-state index in [0.29, 0.717) is 11.5 Å². The molecule has 136 valence electrons. The number of hydrogen-bond acceptors (Lipinski definition) is 3. The number of likely N-dealkylation sites (tertiary alicyclic amines) is 1. The van der Waals surface area contributed by atoms with Gasteiger partial charge in [0.25, 0.3) is 5.91 Å². The summed E-state index contributed by atoms with van der Waals surface area (Å²) in [7, 11) is 0. The minimum Gasteiger partial charge on any atom is -0.488 e. The van der Waals surface area contributed by atoms with Gasteiger partial charge in [-0.15, -0.1) is 0 Å². The number of carbonyl (C=O) groups is 1. The first-order chi connectivity index (χ1) is 12.7. The van der Waals surface area contributed by atoms with Crippen LogP contribution in [0.15, 0.2) is 48.5 Å². The number of benzene rings is 2. The quantitative estimate of drug-likeness (QED) is 0.830. The Labute approximate surface area is 153 Å². The number of amides is 1. The molecule has 1 aliphatic carbocycles. The molecule has 0 atom stereocenters. The van der Waals surface area contributed by atoms with Crippen molar-refractivity contribution in [2.24, 2.45) is 5.92 Å². The maximum atomic E-state index is 13.2. The van der Waals surface area contributed by atoms with Gasteiger partial charge in [-0.2, -0.15) is 0 Å². The normalized spacial score (nSPS) is 17.6. The van der Waals surface area contributed by atoms with Crippen LogP contribution in [0.1, 0.15) is 28.8 Å². The highest BCUT2D eigenvalue weighted by Gasteiger charge is 2.28. The molecule has 2 aromatic rings. The van der Waals surface area contributed by atoms with E-state index in [0.717, 1.165) is 37.5 Å². The van der Waals surface area contributed by atoms with Gasteiger partial charge in [-0.1, -0.05) is 18.2 Å². The second-order valence-electron chi connectivity index (χ2n) is 7.25. The van der Waals surface area contributed by atoms with Gasteiger partial charge in [-0.25, -0.2) is 4.39 Å². The molecule has 4 nitrogen and oxygen atoms in total. The number of halogens is 1. The topological polar surface area (TPSA) is 41.6 Å². The summed E-state index contributed by atoms with van der Waals surface area (Å²) in [4.78, 5) is 14.4. The van der Waals surface area contributed by atoms with Crippen molar-refractivity contribution < 1.29 is 13.9 Å². The highest BCUT2D eigenvalue weighted by atomic mass is 19.1. The van der Waals surface area contributed by atoms with Crippen LogP contribution in [0.2, 0.25) is 0 Å². The first kappa shape index (κ1) is 17.0. The number of hydrogen-bond donors (Lipinski definition) is 1. The lowest BCUT2D eigenvalue weighted by molar-refractivity contribution is 0.0145. The summed E-state index contributed by atoms with van der Waals surface area (Å²) in [5.74, 6) is 1.15. The van der Waals surface area contributed by atoms with Crippen LogP contribution in [0.25, 0.3) is 0 Å². The van der Waals surface area contributed by atoms with E-state index in [4.69, 9.17) is 4.74 Å².